The molecule has 0 amide bonds. The first kappa shape index (κ1) is 33.5. The number of hydrogen-bond acceptors (Lipinski definition) is 18. The maximum atomic E-state index is 12.4. The number of H-pyrrole nitrogens is 1. The summed E-state index contributed by atoms with van der Waals surface area (Å²) in [6.45, 7) is 2.89. The Morgan fingerprint density at radius 1 is 1.26 bits per heavy atom. The van der Waals surface area contributed by atoms with Crippen LogP contribution >= 0.6 is 35.3 Å². The Labute approximate surface area is 219 Å². The molecule has 1 saturated heterocycles. The maximum Gasteiger partial charge on any atom is 0.330 e. The predicted molar refractivity (Wildman–Crippen MR) is 127 cm³/mol. The minimum absolute atomic E-state index is 0.107. The van der Waals surface area contributed by atoms with Crippen LogP contribution < -0.4 is 17.0 Å². The predicted octanol–water partition coefficient (Wildman–Crippen LogP) is 1.70. The van der Waals surface area contributed by atoms with E-state index in [1.54, 1.807) is 16.4 Å². The van der Waals surface area contributed by atoms with Gasteiger partial charge in [-0.05, 0) is 22.4 Å². The van der Waals surface area contributed by atoms with Crippen LogP contribution in [0.4, 0.5) is 0 Å². The summed E-state index contributed by atoms with van der Waals surface area (Å²) in [5, 5.41) is 29.5. The smallest absolute Gasteiger partial charge is 0.330 e. The molecule has 0 aromatic carbocycles. The largest absolute Gasteiger partial charge is 0.405 e. The summed E-state index contributed by atoms with van der Waals surface area (Å²) in [6, 6.07) is 0. The first-order valence-corrected chi connectivity index (χ1v) is 14.3. The van der Waals surface area contributed by atoms with Gasteiger partial charge in [0, 0.05) is 34.9 Å². The van der Waals surface area contributed by atoms with Crippen LogP contribution in [0, 0.1) is 0 Å². The summed E-state index contributed by atoms with van der Waals surface area (Å²) in [4.78, 5) is 31.4. The second-order valence-electron chi connectivity index (χ2n) is 6.41. The average molecular weight is 631 g/mol. The highest BCUT2D eigenvalue weighted by molar-refractivity contribution is 7.46. The molecule has 1 aromatic heterocycles. The van der Waals surface area contributed by atoms with Gasteiger partial charge >= 0.3 is 5.69 Å². The first-order chi connectivity index (χ1) is 18.4. The van der Waals surface area contributed by atoms with E-state index >= 15 is 0 Å². The molecule has 4 N–H and O–H groups in total. The summed E-state index contributed by atoms with van der Waals surface area (Å²) in [6.07, 6.45) is 1.66. The van der Waals surface area contributed by atoms with E-state index in [0.717, 1.165) is 10.8 Å². The Balaban J connectivity index is 1.89. The van der Waals surface area contributed by atoms with Crippen molar-refractivity contribution >= 4 is 41.3 Å². The fourth-order valence-corrected chi connectivity index (χ4v) is 4.20. The van der Waals surface area contributed by atoms with Gasteiger partial charge in [-0.1, -0.05) is 22.0 Å². The zero-order valence-corrected chi connectivity index (χ0v) is 23.5. The normalized spacial score (nSPS) is 21.6. The van der Waals surface area contributed by atoms with Gasteiger partial charge in [0.15, 0.2) is 0 Å². The average Bonchev–Trinajstić information content (AvgIpc) is 3.28. The molecular formula is C14H25N3O17P4. The number of nitrogens with one attached hydrogen (secondary N) is 1. The number of aromatic nitrogens is 2. The number of aromatic amines is 1. The van der Waals surface area contributed by atoms with Gasteiger partial charge in [-0.25, -0.2) is 14.9 Å². The SMILES string of the molecule is CCP(OOOOC[C@H]1O[C@@H](n2cc(/C=C\N)c(=O)[nH]c2=O)C[C@H]1OP(C)OOO)OOOPOOOP. The standard InChI is InChI=1S/C14H25N3O17P4/c1-3-38(34-28-31-36-30-27-29-35)33-26-25-21-8-11-10(23-37(2)32-24-20)6-12(22-11)17-7-9(4-5-15)13(18)16-14(17)19/h4-5,7,10-12,20,36H,3,6,8,15,35H2,1-2H3,(H,16,18,19)/b5-4-/t10-,11-,12-,37?,38?/m1/s1. The summed E-state index contributed by atoms with van der Waals surface area (Å²) < 4.78 is 39.7. The van der Waals surface area contributed by atoms with Crippen LogP contribution in [0.1, 0.15) is 25.1 Å². The van der Waals surface area contributed by atoms with Crippen LogP contribution in [0.25, 0.3) is 6.08 Å². The third kappa shape index (κ3) is 11.8. The third-order valence-corrected chi connectivity index (χ3v) is 6.32. The van der Waals surface area contributed by atoms with Gasteiger partial charge in [0.1, 0.15) is 18.9 Å². The fourth-order valence-electron chi connectivity index (χ4n) is 2.71. The number of hydrogen-bond donors (Lipinski definition) is 3. The summed E-state index contributed by atoms with van der Waals surface area (Å²) >= 11 is 0. The number of nitrogens with two attached hydrogens (primary N) is 1. The molecule has 24 heteroatoms. The van der Waals surface area contributed by atoms with Crippen molar-refractivity contribution in [3.63, 3.8) is 0 Å². The molecule has 0 saturated carbocycles. The topological polar surface area (TPSA) is 230 Å². The number of ether oxygens (including phenoxy) is 1. The number of nitrogens with zero attached hydrogens (tertiary/aromatic N) is 1. The summed E-state index contributed by atoms with van der Waals surface area (Å²) in [5.41, 5.74) is 4.11. The lowest BCUT2D eigenvalue weighted by Crippen LogP contribution is -2.33. The van der Waals surface area contributed by atoms with E-state index in [9.17, 15) is 9.59 Å². The van der Waals surface area contributed by atoms with E-state index in [1.807, 2.05) is 0 Å². The van der Waals surface area contributed by atoms with E-state index in [2.05, 4.69) is 48.9 Å². The van der Waals surface area contributed by atoms with Crippen LogP contribution in [0.3, 0.4) is 0 Å². The molecular weight excluding hydrogens is 606 g/mol. The van der Waals surface area contributed by atoms with E-state index in [1.165, 1.54) is 18.9 Å². The molecule has 2 heterocycles. The second-order valence-corrected chi connectivity index (χ2v) is 9.94. The molecule has 0 bridgehead atoms. The Kier molecular flexibility index (Phi) is 17.1. The zero-order chi connectivity index (χ0) is 27.8. The Morgan fingerprint density at radius 3 is 2.74 bits per heavy atom. The highest BCUT2D eigenvalue weighted by atomic mass is 31.2. The molecule has 1 fully saturated rings. The molecule has 0 spiro atoms. The quantitative estimate of drug-likeness (QED) is 0.0804. The van der Waals surface area contributed by atoms with Crippen molar-refractivity contribution in [3.8, 4) is 0 Å². The number of rotatable bonds is 20. The Bertz CT molecular complexity index is 940. The lowest BCUT2D eigenvalue weighted by Gasteiger charge is -2.19. The molecule has 4 unspecified atom stereocenters. The van der Waals surface area contributed by atoms with Gasteiger partial charge in [0.25, 0.3) is 13.9 Å². The molecule has 20 nitrogen and oxygen atoms in total. The van der Waals surface area contributed by atoms with Gasteiger partial charge in [-0.2, -0.15) is 23.4 Å². The minimum atomic E-state index is -1.78. The Morgan fingerprint density at radius 2 is 2.03 bits per heavy atom. The van der Waals surface area contributed by atoms with Gasteiger partial charge in [0.05, 0.1) is 11.7 Å². The van der Waals surface area contributed by atoms with Crippen LogP contribution in [-0.2, 0) is 67.4 Å². The van der Waals surface area contributed by atoms with Gasteiger partial charge in [-0.15, -0.1) is 4.67 Å². The fraction of sp³-hybridized carbons (Fsp3) is 0.571. The molecule has 1 aliphatic heterocycles. The summed E-state index contributed by atoms with van der Waals surface area (Å²) in [7, 11) is -2.44. The first-order valence-electron chi connectivity index (χ1n) is 10.1. The maximum absolute atomic E-state index is 12.4. The van der Waals surface area contributed by atoms with Crippen molar-refractivity contribution in [1.82, 2.24) is 9.55 Å². The summed E-state index contributed by atoms with van der Waals surface area (Å²) in [5.74, 6) is 0. The van der Waals surface area contributed by atoms with Crippen molar-refractivity contribution in [2.24, 2.45) is 5.73 Å². The molecule has 0 radical (unpaired) electrons. The molecule has 2 rings (SSSR count). The van der Waals surface area contributed by atoms with E-state index in [-0.39, 0.29) is 18.6 Å². The van der Waals surface area contributed by atoms with Crippen molar-refractivity contribution in [1.29, 1.82) is 0 Å². The van der Waals surface area contributed by atoms with E-state index in [4.69, 9.17) is 34.5 Å². The molecule has 1 aliphatic rings. The van der Waals surface area contributed by atoms with Crippen molar-refractivity contribution in [2.45, 2.75) is 31.8 Å². The zero-order valence-electron chi connectivity index (χ0n) is 19.6. The van der Waals surface area contributed by atoms with Crippen molar-refractivity contribution in [3.05, 3.63) is 38.8 Å². The molecule has 38 heavy (non-hydrogen) atoms. The molecule has 7 atom stereocenters. The van der Waals surface area contributed by atoms with Crippen LogP contribution in [0.5, 0.6) is 0 Å². The van der Waals surface area contributed by atoms with Gasteiger partial charge in [0.2, 0.25) is 17.4 Å². The lowest BCUT2D eigenvalue weighted by molar-refractivity contribution is -0.612. The van der Waals surface area contributed by atoms with Crippen LogP contribution in [-0.4, -0.2) is 46.4 Å². The molecule has 1 aromatic rings. The van der Waals surface area contributed by atoms with Gasteiger partial charge in [-0.3, -0.25) is 14.3 Å². The molecule has 218 valence electrons. The Hall–Kier alpha value is -0.660. The van der Waals surface area contributed by atoms with E-state index in [0.29, 0.717) is 6.16 Å². The molecule has 0 aliphatic carbocycles. The van der Waals surface area contributed by atoms with Crippen LogP contribution in [0.15, 0.2) is 22.0 Å². The van der Waals surface area contributed by atoms with E-state index < -0.39 is 55.5 Å². The highest BCUT2D eigenvalue weighted by Gasteiger charge is 2.39. The highest BCUT2D eigenvalue weighted by Crippen LogP contribution is 2.42. The van der Waals surface area contributed by atoms with Crippen molar-refractivity contribution < 1.29 is 72.6 Å². The van der Waals surface area contributed by atoms with Crippen LogP contribution in [0.2, 0.25) is 0 Å². The third-order valence-electron chi connectivity index (χ3n) is 4.15. The monoisotopic (exact) mass is 631 g/mol. The minimum Gasteiger partial charge on any atom is -0.405 e. The van der Waals surface area contributed by atoms with Gasteiger partial charge < -0.3 is 15.0 Å². The van der Waals surface area contributed by atoms with Crippen molar-refractivity contribution in [2.75, 3.05) is 19.4 Å². The second kappa shape index (κ2) is 19.4. The lowest BCUT2D eigenvalue weighted by atomic mass is 10.2.